The molecule has 0 radical (unpaired) electrons. The van der Waals surface area contributed by atoms with Crippen LogP contribution in [0, 0.1) is 0 Å². The van der Waals surface area contributed by atoms with Gasteiger partial charge in [0, 0.05) is 0 Å². The van der Waals surface area contributed by atoms with Crippen molar-refractivity contribution in [3.63, 3.8) is 0 Å². The van der Waals surface area contributed by atoms with Crippen LogP contribution in [0.3, 0.4) is 0 Å². The van der Waals surface area contributed by atoms with Gasteiger partial charge in [0.15, 0.2) is 0 Å². The van der Waals surface area contributed by atoms with Crippen LogP contribution in [0.4, 0.5) is 4.79 Å². The second kappa shape index (κ2) is 9.29. The van der Waals surface area contributed by atoms with Gasteiger partial charge in [-0.3, -0.25) is 0 Å². The second-order valence-electron chi connectivity index (χ2n) is 0.266. The Morgan fingerprint density at radius 1 is 1.67 bits per heavy atom. The van der Waals surface area contributed by atoms with Crippen LogP contribution in [0.25, 0.3) is 0 Å². The van der Waals surface area contributed by atoms with Crippen molar-refractivity contribution in [3.05, 3.63) is 0 Å². The Labute approximate surface area is 57.4 Å². The van der Waals surface area contributed by atoms with E-state index < -0.39 is 4.36 Å². The fourth-order valence-corrected chi connectivity index (χ4v) is 0. The van der Waals surface area contributed by atoms with Crippen LogP contribution in [-0.2, 0) is 19.8 Å². The van der Waals surface area contributed by atoms with Crippen LogP contribution in [0.5, 0.6) is 0 Å². The molecule has 0 amide bonds. The van der Waals surface area contributed by atoms with Crippen molar-refractivity contribution in [2.24, 2.45) is 0 Å². The van der Waals surface area contributed by atoms with E-state index in [2.05, 4.69) is 23.3 Å². The van der Waals surface area contributed by atoms with Crippen molar-refractivity contribution in [2.45, 2.75) is 0 Å². The molecule has 0 atom stereocenters. The first-order valence-corrected chi connectivity index (χ1v) is 3.44. The molecule has 0 aliphatic rings. The van der Waals surface area contributed by atoms with E-state index in [-0.39, 0.29) is 0 Å². The van der Waals surface area contributed by atoms with E-state index in [0.29, 0.717) is 0 Å². The monoisotopic (exact) mass is 209 g/mol. The third kappa shape index (κ3) is 98.2. The summed E-state index contributed by atoms with van der Waals surface area (Å²) in [5, 5.41) is 7.42. The Kier molecular flexibility index (Phi) is 15.4. The van der Waals surface area contributed by atoms with Crippen LogP contribution in [0.1, 0.15) is 0 Å². The quantitative estimate of drug-likeness (QED) is 0.314. The van der Waals surface area contributed by atoms with Gasteiger partial charge in [-0.15, -0.1) is 23.3 Å². The number of carboxylic acid groups (broad SMARTS) is 1. The minimum absolute atomic E-state index is 0.823. The number of hydrogen-bond acceptors (Lipinski definition) is 3. The molecule has 0 unspecified atom stereocenters. The summed E-state index contributed by atoms with van der Waals surface area (Å²) in [6.07, 6.45) is 0. The first-order valence-electron chi connectivity index (χ1n) is 0.832. The number of rotatable bonds is 0. The minimum atomic E-state index is -0.823. The molecule has 0 saturated carbocycles. The molecule has 0 spiro atoms. The van der Waals surface area contributed by atoms with E-state index >= 15 is 0 Å². The predicted octanol–water partition coefficient (Wildman–Crippen LogP) is 0.972. The fourth-order valence-electron chi connectivity index (χ4n) is 0. The maximum atomic E-state index is 9.00. The van der Waals surface area contributed by atoms with Gasteiger partial charge in [-0.1, -0.05) is 0 Å². The number of carbonyl (C=O) groups is 1. The molecule has 2 nitrogen and oxygen atoms in total. The largest absolute Gasteiger partial charge is 0.115 e. The summed E-state index contributed by atoms with van der Waals surface area (Å²) in [6.45, 7) is 0. The van der Waals surface area contributed by atoms with Crippen LogP contribution in [-0.4, -0.2) is 9.47 Å². The zero-order valence-corrected chi connectivity index (χ0v) is 6.45. The maximum absolute atomic E-state index is 9.00. The van der Waals surface area contributed by atoms with Gasteiger partial charge in [-0.2, -0.15) is 0 Å². The van der Waals surface area contributed by atoms with Crippen LogP contribution < -0.4 is 0 Å². The molecule has 37 valence electrons. The third-order valence-corrected chi connectivity index (χ3v) is 0. The molecule has 0 aromatic carbocycles. The van der Waals surface area contributed by atoms with Gasteiger partial charge in [0.2, 0.25) is 0 Å². The molecule has 5 heteroatoms. The van der Waals surface area contributed by atoms with Gasteiger partial charge in [0.25, 0.3) is 0 Å². The molecule has 0 heterocycles. The molecule has 0 aliphatic heterocycles. The van der Waals surface area contributed by atoms with E-state index in [0.717, 1.165) is 19.8 Å². The minimum Gasteiger partial charge on any atom is -0.115 e. The van der Waals surface area contributed by atoms with E-state index in [1.54, 1.807) is 0 Å². The van der Waals surface area contributed by atoms with Crippen LogP contribution >= 0.6 is 23.3 Å². The Balaban J connectivity index is 0. The molecule has 0 bridgehead atoms. The molecular weight excluding hydrogens is 204 g/mol. The van der Waals surface area contributed by atoms with Crippen molar-refractivity contribution >= 4 is 27.7 Å². The topological polar surface area (TPSA) is 37.3 Å². The molecule has 1 N–H and O–H groups in total. The smallest absolute Gasteiger partial charge is 0.115 e. The average Bonchev–Trinajstić information content (AvgIpc) is 1.41. The third-order valence-electron chi connectivity index (χ3n) is 0. The average molecular weight is 207 g/mol. The molecule has 0 saturated heterocycles. The maximum Gasteiger partial charge on any atom is -0.115 e. The molecule has 0 fully saturated rings. The van der Waals surface area contributed by atoms with E-state index in [4.69, 9.17) is 9.90 Å². The first kappa shape index (κ1) is 9.97. The summed E-state index contributed by atoms with van der Waals surface area (Å²) in [4.78, 5) is 9.00. The zero-order chi connectivity index (χ0) is 5.58. The van der Waals surface area contributed by atoms with Gasteiger partial charge in [0.1, 0.15) is 0 Å². The predicted molar refractivity (Wildman–Crippen MR) is 26.0 cm³/mol. The standard InChI is InChI=1S/CHO2.Mo.H2S2/c2-1-3;;1-2/h(H,2,3);;1-2H. The van der Waals surface area contributed by atoms with E-state index in [1.165, 1.54) is 0 Å². The normalized spacial score (nSPS) is 5.00. The van der Waals surface area contributed by atoms with Gasteiger partial charge >= 0.3 is 34.1 Å². The summed E-state index contributed by atoms with van der Waals surface area (Å²) in [7, 11) is 0. The Morgan fingerprint density at radius 3 is 1.67 bits per heavy atom. The van der Waals surface area contributed by atoms with Crippen molar-refractivity contribution in [2.75, 3.05) is 0 Å². The number of thiol groups is 2. The molecule has 0 aliphatic carbocycles. The first-order chi connectivity index (χ1) is 2.73. The fraction of sp³-hybridized carbons (Fsp3) is 0. The van der Waals surface area contributed by atoms with Gasteiger partial charge in [-0.25, -0.2) is 0 Å². The molecule has 0 aromatic heterocycles. The Hall–Kier alpha value is 0.858. The summed E-state index contributed by atoms with van der Waals surface area (Å²) in [6, 6.07) is 0. The SMILES string of the molecule is O=[C](O)[Mo].SS. The van der Waals surface area contributed by atoms with Gasteiger partial charge in [0.05, 0.1) is 0 Å². The summed E-state index contributed by atoms with van der Waals surface area (Å²) in [5.41, 5.74) is 0. The second-order valence-corrected chi connectivity index (χ2v) is 1.12. The molecule has 6 heavy (non-hydrogen) atoms. The van der Waals surface area contributed by atoms with E-state index in [1.807, 2.05) is 0 Å². The van der Waals surface area contributed by atoms with Crippen molar-refractivity contribution in [1.82, 2.24) is 0 Å². The Bertz CT molecular complexity index is 34.5. The van der Waals surface area contributed by atoms with Crippen molar-refractivity contribution in [3.8, 4) is 0 Å². The zero-order valence-electron chi connectivity index (χ0n) is 2.66. The van der Waals surface area contributed by atoms with Crippen molar-refractivity contribution < 1.29 is 29.7 Å². The molecular formula is CH3MoO2S2. The molecule has 0 aromatic rings. The summed E-state index contributed by atoms with van der Waals surface area (Å²) >= 11 is 7.47. The van der Waals surface area contributed by atoms with Gasteiger partial charge in [-0.05, 0) is 0 Å². The number of hydrogen-bond donors (Lipinski definition) is 3. The summed E-state index contributed by atoms with van der Waals surface area (Å²) < 4.78 is -0.823. The molecule has 0 rings (SSSR count). The van der Waals surface area contributed by atoms with Gasteiger partial charge < -0.3 is 0 Å². The summed E-state index contributed by atoms with van der Waals surface area (Å²) in [5.74, 6) is 0. The Morgan fingerprint density at radius 2 is 1.67 bits per heavy atom. The van der Waals surface area contributed by atoms with Crippen LogP contribution in [0.15, 0.2) is 0 Å². The van der Waals surface area contributed by atoms with Crippen LogP contribution in [0.2, 0.25) is 0 Å². The van der Waals surface area contributed by atoms with Crippen molar-refractivity contribution in [1.29, 1.82) is 0 Å². The van der Waals surface area contributed by atoms with E-state index in [9.17, 15) is 0 Å².